The summed E-state index contributed by atoms with van der Waals surface area (Å²) in [7, 11) is 0. The second-order valence-corrected chi connectivity index (χ2v) is 7.68. The van der Waals surface area contributed by atoms with Crippen LogP contribution in [-0.4, -0.2) is 23.8 Å². The fourth-order valence-electron chi connectivity index (χ4n) is 3.04. The Morgan fingerprint density at radius 3 is 2.45 bits per heavy atom. The van der Waals surface area contributed by atoms with E-state index >= 15 is 0 Å². The van der Waals surface area contributed by atoms with E-state index in [4.69, 9.17) is 30.9 Å². The largest absolute Gasteiger partial charge is 0.493 e. The Labute approximate surface area is 187 Å². The van der Waals surface area contributed by atoms with Crippen molar-refractivity contribution in [1.29, 1.82) is 0 Å². The maximum Gasteiger partial charge on any atom is 0.307 e. The van der Waals surface area contributed by atoms with Crippen molar-refractivity contribution in [3.05, 3.63) is 82.9 Å². The number of halogens is 1. The van der Waals surface area contributed by atoms with Gasteiger partial charge in [-0.15, -0.1) is 0 Å². The molecule has 6 heteroatoms. The third kappa shape index (κ3) is 6.93. The molecule has 0 amide bonds. The summed E-state index contributed by atoms with van der Waals surface area (Å²) in [5.74, 6) is 1.75. The van der Waals surface area contributed by atoms with Crippen molar-refractivity contribution >= 4 is 17.6 Å². The van der Waals surface area contributed by atoms with Crippen LogP contribution in [0.15, 0.2) is 66.7 Å². The minimum absolute atomic E-state index is 0.000468. The third-order valence-electron chi connectivity index (χ3n) is 4.58. The average molecular weight is 441 g/mol. The van der Waals surface area contributed by atoms with Crippen molar-refractivity contribution in [3.63, 3.8) is 0 Å². The molecule has 0 spiro atoms. The van der Waals surface area contributed by atoms with Crippen LogP contribution in [0.2, 0.25) is 5.02 Å². The van der Waals surface area contributed by atoms with Gasteiger partial charge in [0.2, 0.25) is 0 Å². The van der Waals surface area contributed by atoms with Crippen LogP contribution in [0, 0.1) is 6.92 Å². The maximum atomic E-state index is 10.8. The molecule has 0 aliphatic rings. The normalized spacial score (nSPS) is 11.6. The van der Waals surface area contributed by atoms with Gasteiger partial charge in [-0.25, -0.2) is 0 Å². The topological polar surface area (TPSA) is 65.0 Å². The smallest absolute Gasteiger partial charge is 0.307 e. The molecule has 162 valence electrons. The van der Waals surface area contributed by atoms with Crippen LogP contribution in [0.4, 0.5) is 0 Å². The number of rotatable bonds is 10. The fraction of sp³-hybridized carbons (Fsp3) is 0.240. The summed E-state index contributed by atoms with van der Waals surface area (Å²) in [5, 5.41) is 9.47. The van der Waals surface area contributed by atoms with Gasteiger partial charge in [0.25, 0.3) is 0 Å². The van der Waals surface area contributed by atoms with Gasteiger partial charge in [-0.3, -0.25) is 4.79 Å². The number of carboxylic acids is 1. The van der Waals surface area contributed by atoms with Gasteiger partial charge in [-0.1, -0.05) is 41.9 Å². The molecule has 1 atom stereocenters. The Kier molecular flexibility index (Phi) is 7.79. The highest BCUT2D eigenvalue weighted by Gasteiger charge is 2.12. The lowest BCUT2D eigenvalue weighted by Gasteiger charge is -2.18. The van der Waals surface area contributed by atoms with Crippen LogP contribution in [0.25, 0.3) is 0 Å². The number of benzene rings is 3. The first kappa shape index (κ1) is 22.5. The molecule has 1 N–H and O–H groups in total. The van der Waals surface area contributed by atoms with Gasteiger partial charge < -0.3 is 19.3 Å². The first-order valence-electron chi connectivity index (χ1n) is 10.0. The van der Waals surface area contributed by atoms with Crippen molar-refractivity contribution in [1.82, 2.24) is 0 Å². The fourth-order valence-corrected chi connectivity index (χ4v) is 3.21. The Bertz CT molecular complexity index is 1020. The predicted molar refractivity (Wildman–Crippen MR) is 121 cm³/mol. The third-order valence-corrected chi connectivity index (χ3v) is 4.82. The molecular formula is C25H25ClO5. The summed E-state index contributed by atoms with van der Waals surface area (Å²) in [6.45, 7) is 4.33. The van der Waals surface area contributed by atoms with Crippen molar-refractivity contribution in [2.45, 2.75) is 32.8 Å². The van der Waals surface area contributed by atoms with Gasteiger partial charge in [0.05, 0.1) is 19.1 Å². The monoisotopic (exact) mass is 440 g/mol. The van der Waals surface area contributed by atoms with Crippen molar-refractivity contribution in [3.8, 4) is 23.0 Å². The van der Waals surface area contributed by atoms with Crippen molar-refractivity contribution in [2.75, 3.05) is 6.61 Å². The van der Waals surface area contributed by atoms with Crippen molar-refractivity contribution in [2.24, 2.45) is 0 Å². The highest BCUT2D eigenvalue weighted by atomic mass is 35.5. The minimum Gasteiger partial charge on any atom is -0.493 e. The zero-order chi connectivity index (χ0) is 22.2. The van der Waals surface area contributed by atoms with E-state index in [9.17, 15) is 4.79 Å². The lowest BCUT2D eigenvalue weighted by Crippen LogP contribution is -2.16. The predicted octanol–water partition coefficient (Wildman–Crippen LogP) is 6.30. The minimum atomic E-state index is -0.850. The van der Waals surface area contributed by atoms with Crippen molar-refractivity contribution < 1.29 is 24.1 Å². The molecule has 0 aliphatic heterocycles. The van der Waals surface area contributed by atoms with Gasteiger partial charge in [0.15, 0.2) is 11.5 Å². The molecule has 0 aromatic heterocycles. The molecule has 0 aliphatic carbocycles. The SMILES string of the molecule is Cc1cc(CC(=O)O)ccc1OCC[C@@H](C)Oc1ccc(Cl)cc1Oc1ccccc1. The first-order valence-corrected chi connectivity index (χ1v) is 10.4. The number of hydrogen-bond donors (Lipinski definition) is 1. The number of para-hydroxylation sites is 1. The second-order valence-electron chi connectivity index (χ2n) is 7.24. The molecule has 0 radical (unpaired) electrons. The Balaban J connectivity index is 1.56. The van der Waals surface area contributed by atoms with E-state index < -0.39 is 5.97 Å². The summed E-state index contributed by atoms with van der Waals surface area (Å²) in [5.41, 5.74) is 1.66. The van der Waals surface area contributed by atoms with Gasteiger partial charge in [0, 0.05) is 17.5 Å². The molecular weight excluding hydrogens is 416 g/mol. The highest BCUT2D eigenvalue weighted by molar-refractivity contribution is 6.30. The van der Waals surface area contributed by atoms with E-state index in [0.29, 0.717) is 35.3 Å². The van der Waals surface area contributed by atoms with Gasteiger partial charge >= 0.3 is 5.97 Å². The lowest BCUT2D eigenvalue weighted by molar-refractivity contribution is -0.136. The molecule has 5 nitrogen and oxygen atoms in total. The quantitative estimate of drug-likeness (QED) is 0.400. The molecule has 0 saturated heterocycles. The number of carbonyl (C=O) groups is 1. The standard InChI is InChI=1S/C25H25ClO5/c1-17-14-19(15-25(27)28)8-10-22(17)29-13-12-18(2)30-23-11-9-20(26)16-24(23)31-21-6-4-3-5-7-21/h3-11,14,16,18H,12-13,15H2,1-2H3,(H,27,28)/t18-/m1/s1. The Hall–Kier alpha value is -3.18. The van der Waals surface area contributed by atoms with Crippen LogP contribution >= 0.6 is 11.6 Å². The Morgan fingerprint density at radius 1 is 1.00 bits per heavy atom. The molecule has 0 unspecified atom stereocenters. The first-order chi connectivity index (χ1) is 14.9. The van der Waals surface area contributed by atoms with Gasteiger partial charge in [-0.2, -0.15) is 0 Å². The zero-order valence-electron chi connectivity index (χ0n) is 17.5. The summed E-state index contributed by atoms with van der Waals surface area (Å²) in [4.78, 5) is 10.8. The van der Waals surface area contributed by atoms with Crippen LogP contribution in [0.5, 0.6) is 23.0 Å². The van der Waals surface area contributed by atoms with E-state index in [2.05, 4.69) is 0 Å². The molecule has 3 aromatic carbocycles. The van der Waals surface area contributed by atoms with Crippen LogP contribution in [0.1, 0.15) is 24.5 Å². The van der Waals surface area contributed by atoms with E-state index in [-0.39, 0.29) is 12.5 Å². The number of aliphatic carboxylic acids is 1. The molecule has 3 aromatic rings. The summed E-state index contributed by atoms with van der Waals surface area (Å²) >= 11 is 6.14. The molecule has 31 heavy (non-hydrogen) atoms. The lowest BCUT2D eigenvalue weighted by atomic mass is 10.1. The summed E-state index contributed by atoms with van der Waals surface area (Å²) in [6.07, 6.45) is 0.537. The van der Waals surface area contributed by atoms with E-state index in [1.54, 1.807) is 24.3 Å². The summed E-state index contributed by atoms with van der Waals surface area (Å²) < 4.78 is 17.9. The zero-order valence-corrected chi connectivity index (χ0v) is 18.3. The average Bonchev–Trinajstić information content (AvgIpc) is 2.72. The molecule has 0 saturated carbocycles. The number of aryl methyl sites for hydroxylation is 1. The highest BCUT2D eigenvalue weighted by Crippen LogP contribution is 2.35. The number of carboxylic acid groups (broad SMARTS) is 1. The van der Waals surface area contributed by atoms with E-state index in [1.807, 2.05) is 56.3 Å². The Morgan fingerprint density at radius 2 is 1.74 bits per heavy atom. The van der Waals surface area contributed by atoms with Crippen LogP contribution < -0.4 is 14.2 Å². The van der Waals surface area contributed by atoms with Crippen LogP contribution in [0.3, 0.4) is 0 Å². The van der Waals surface area contributed by atoms with E-state index in [1.165, 1.54) is 0 Å². The maximum absolute atomic E-state index is 10.8. The molecule has 0 fully saturated rings. The number of hydrogen-bond acceptors (Lipinski definition) is 4. The van der Waals surface area contributed by atoms with Crippen LogP contribution in [-0.2, 0) is 11.2 Å². The second kappa shape index (κ2) is 10.7. The number of ether oxygens (including phenoxy) is 3. The molecule has 0 heterocycles. The van der Waals surface area contributed by atoms with Gasteiger partial charge in [-0.05, 0) is 55.3 Å². The van der Waals surface area contributed by atoms with E-state index in [0.717, 1.165) is 16.9 Å². The molecule has 0 bridgehead atoms. The summed E-state index contributed by atoms with van der Waals surface area (Å²) in [6, 6.07) is 20.2. The van der Waals surface area contributed by atoms with Gasteiger partial charge in [0.1, 0.15) is 11.5 Å². The molecule has 3 rings (SSSR count).